The lowest BCUT2D eigenvalue weighted by Crippen LogP contribution is -2.52. The molecule has 1 aliphatic rings. The van der Waals surface area contributed by atoms with Crippen LogP contribution < -0.4 is 0 Å². The van der Waals surface area contributed by atoms with Crippen molar-refractivity contribution in [2.75, 3.05) is 24.6 Å². The lowest BCUT2D eigenvalue weighted by atomic mass is 10.0. The largest absolute Gasteiger partial charge is 0.392 e. The Morgan fingerprint density at radius 1 is 1.54 bits per heavy atom. The van der Waals surface area contributed by atoms with Crippen molar-refractivity contribution >= 4 is 11.8 Å². The Kier molecular flexibility index (Phi) is 4.07. The Morgan fingerprint density at radius 3 is 2.77 bits per heavy atom. The van der Waals surface area contributed by atoms with Crippen LogP contribution in [-0.4, -0.2) is 46.2 Å². The van der Waals surface area contributed by atoms with Crippen molar-refractivity contribution in [3.8, 4) is 0 Å². The van der Waals surface area contributed by atoms with E-state index in [0.29, 0.717) is 0 Å². The molecule has 1 fully saturated rings. The van der Waals surface area contributed by atoms with Gasteiger partial charge in [-0.1, -0.05) is 6.92 Å². The summed E-state index contributed by atoms with van der Waals surface area (Å²) in [6.45, 7) is 8.53. The standard InChI is InChI=1S/C10H21NOS/c1-4-9(12)7-11-5-6-13-8-10(11,2)3/h9,12H,4-8H2,1-3H3. The normalized spacial score (nSPS) is 25.8. The van der Waals surface area contributed by atoms with E-state index >= 15 is 0 Å². The van der Waals surface area contributed by atoms with Crippen LogP contribution in [0.3, 0.4) is 0 Å². The molecule has 1 atom stereocenters. The van der Waals surface area contributed by atoms with Gasteiger partial charge in [-0.05, 0) is 20.3 Å². The van der Waals surface area contributed by atoms with Gasteiger partial charge in [0.1, 0.15) is 0 Å². The third kappa shape index (κ3) is 3.15. The molecule has 1 rings (SSSR count). The van der Waals surface area contributed by atoms with Crippen molar-refractivity contribution in [1.29, 1.82) is 0 Å². The van der Waals surface area contributed by atoms with Crippen LogP contribution >= 0.6 is 11.8 Å². The van der Waals surface area contributed by atoms with Crippen LogP contribution in [0.5, 0.6) is 0 Å². The SMILES string of the molecule is CCC(O)CN1CCSCC1(C)C. The quantitative estimate of drug-likeness (QED) is 0.753. The molecule has 2 nitrogen and oxygen atoms in total. The zero-order chi connectivity index (χ0) is 9.90. The molecule has 1 saturated heterocycles. The lowest BCUT2D eigenvalue weighted by molar-refractivity contribution is 0.0610. The summed E-state index contributed by atoms with van der Waals surface area (Å²) >= 11 is 2.02. The van der Waals surface area contributed by atoms with E-state index in [1.807, 2.05) is 18.7 Å². The average Bonchev–Trinajstić information content (AvgIpc) is 2.08. The number of aliphatic hydroxyl groups is 1. The summed E-state index contributed by atoms with van der Waals surface area (Å²) in [4.78, 5) is 2.41. The summed E-state index contributed by atoms with van der Waals surface area (Å²) in [7, 11) is 0. The number of aliphatic hydroxyl groups excluding tert-OH is 1. The number of rotatable bonds is 3. The van der Waals surface area contributed by atoms with E-state index in [4.69, 9.17) is 0 Å². The maximum atomic E-state index is 9.59. The number of β-amino-alcohol motifs (C(OH)–C–C–N with tert-alkyl or cyclic N) is 1. The van der Waals surface area contributed by atoms with E-state index in [9.17, 15) is 5.11 Å². The van der Waals surface area contributed by atoms with Crippen LogP contribution in [0, 0.1) is 0 Å². The predicted octanol–water partition coefficient (Wildman–Crippen LogP) is 1.58. The van der Waals surface area contributed by atoms with E-state index in [1.165, 1.54) is 11.5 Å². The highest BCUT2D eigenvalue weighted by molar-refractivity contribution is 7.99. The maximum absolute atomic E-state index is 9.59. The van der Waals surface area contributed by atoms with Gasteiger partial charge in [-0.2, -0.15) is 11.8 Å². The number of hydrogen-bond acceptors (Lipinski definition) is 3. The first kappa shape index (κ1) is 11.3. The molecule has 1 heterocycles. The van der Waals surface area contributed by atoms with Crippen molar-refractivity contribution < 1.29 is 5.11 Å². The van der Waals surface area contributed by atoms with Crippen LogP contribution in [0.25, 0.3) is 0 Å². The minimum atomic E-state index is -0.151. The minimum Gasteiger partial charge on any atom is -0.392 e. The van der Waals surface area contributed by atoms with Crippen LogP contribution in [0.2, 0.25) is 0 Å². The topological polar surface area (TPSA) is 23.5 Å². The molecule has 0 bridgehead atoms. The Bertz CT molecular complexity index is 161. The fourth-order valence-electron chi connectivity index (χ4n) is 1.61. The molecule has 0 aromatic carbocycles. The van der Waals surface area contributed by atoms with E-state index in [-0.39, 0.29) is 11.6 Å². The zero-order valence-electron chi connectivity index (χ0n) is 8.92. The predicted molar refractivity (Wildman–Crippen MR) is 59.3 cm³/mol. The molecule has 78 valence electrons. The second kappa shape index (κ2) is 4.67. The summed E-state index contributed by atoms with van der Waals surface area (Å²) in [5.74, 6) is 2.39. The molecule has 1 aliphatic heterocycles. The second-order valence-electron chi connectivity index (χ2n) is 4.37. The van der Waals surface area contributed by atoms with Gasteiger partial charge in [0.15, 0.2) is 0 Å². The number of nitrogens with zero attached hydrogens (tertiary/aromatic N) is 1. The Hall–Kier alpha value is 0.270. The average molecular weight is 203 g/mol. The van der Waals surface area contributed by atoms with E-state index in [1.54, 1.807) is 0 Å². The fraction of sp³-hybridized carbons (Fsp3) is 1.00. The van der Waals surface area contributed by atoms with Crippen LogP contribution in [0.4, 0.5) is 0 Å². The second-order valence-corrected chi connectivity index (χ2v) is 5.48. The molecule has 1 unspecified atom stereocenters. The molecule has 0 radical (unpaired) electrons. The fourth-order valence-corrected chi connectivity index (χ4v) is 2.79. The Balaban J connectivity index is 2.46. The molecule has 0 aliphatic carbocycles. The maximum Gasteiger partial charge on any atom is 0.0664 e. The van der Waals surface area contributed by atoms with Crippen LogP contribution in [0.15, 0.2) is 0 Å². The van der Waals surface area contributed by atoms with Gasteiger partial charge in [0.05, 0.1) is 6.10 Å². The lowest BCUT2D eigenvalue weighted by Gasteiger charge is -2.42. The van der Waals surface area contributed by atoms with Gasteiger partial charge < -0.3 is 5.11 Å². The zero-order valence-corrected chi connectivity index (χ0v) is 9.73. The molecular formula is C10H21NOS. The highest BCUT2D eigenvalue weighted by Crippen LogP contribution is 2.25. The van der Waals surface area contributed by atoms with Crippen molar-refractivity contribution in [3.63, 3.8) is 0 Å². The third-order valence-corrected chi connectivity index (χ3v) is 4.10. The molecule has 0 aromatic heterocycles. The van der Waals surface area contributed by atoms with Crippen molar-refractivity contribution in [2.45, 2.75) is 38.8 Å². The number of hydrogen-bond donors (Lipinski definition) is 1. The monoisotopic (exact) mass is 203 g/mol. The van der Waals surface area contributed by atoms with E-state index in [2.05, 4.69) is 18.7 Å². The van der Waals surface area contributed by atoms with Crippen molar-refractivity contribution in [2.24, 2.45) is 0 Å². The third-order valence-electron chi connectivity index (χ3n) is 2.72. The van der Waals surface area contributed by atoms with Crippen LogP contribution in [-0.2, 0) is 0 Å². The summed E-state index contributed by atoms with van der Waals surface area (Å²) in [6.07, 6.45) is 0.710. The minimum absolute atomic E-state index is 0.151. The van der Waals surface area contributed by atoms with Crippen molar-refractivity contribution in [1.82, 2.24) is 4.90 Å². The van der Waals surface area contributed by atoms with Gasteiger partial charge in [-0.15, -0.1) is 0 Å². The first-order valence-electron chi connectivity index (χ1n) is 5.07. The highest BCUT2D eigenvalue weighted by atomic mass is 32.2. The first-order valence-corrected chi connectivity index (χ1v) is 6.22. The molecule has 0 amide bonds. The van der Waals surface area contributed by atoms with Gasteiger partial charge in [-0.3, -0.25) is 4.90 Å². The van der Waals surface area contributed by atoms with Gasteiger partial charge in [0.2, 0.25) is 0 Å². The summed E-state index contributed by atoms with van der Waals surface area (Å²) < 4.78 is 0. The van der Waals surface area contributed by atoms with Gasteiger partial charge >= 0.3 is 0 Å². The Morgan fingerprint density at radius 2 is 2.23 bits per heavy atom. The molecule has 1 N–H and O–H groups in total. The molecule has 13 heavy (non-hydrogen) atoms. The molecule has 3 heteroatoms. The smallest absolute Gasteiger partial charge is 0.0664 e. The number of thioether (sulfide) groups is 1. The molecule has 0 spiro atoms. The molecule has 0 aromatic rings. The first-order chi connectivity index (χ1) is 6.06. The van der Waals surface area contributed by atoms with Crippen molar-refractivity contribution in [3.05, 3.63) is 0 Å². The summed E-state index contributed by atoms with van der Waals surface area (Å²) in [5, 5.41) is 9.59. The van der Waals surface area contributed by atoms with Gasteiger partial charge in [0.25, 0.3) is 0 Å². The van der Waals surface area contributed by atoms with E-state index < -0.39 is 0 Å². The Labute approximate surface area is 85.7 Å². The highest BCUT2D eigenvalue weighted by Gasteiger charge is 2.30. The van der Waals surface area contributed by atoms with E-state index in [0.717, 1.165) is 19.5 Å². The summed E-state index contributed by atoms with van der Waals surface area (Å²) in [6, 6.07) is 0. The summed E-state index contributed by atoms with van der Waals surface area (Å²) in [5.41, 5.74) is 0.263. The van der Waals surface area contributed by atoms with Crippen LogP contribution in [0.1, 0.15) is 27.2 Å². The van der Waals surface area contributed by atoms with Gasteiger partial charge in [0, 0.05) is 30.1 Å². The molecular weight excluding hydrogens is 182 g/mol. The van der Waals surface area contributed by atoms with Gasteiger partial charge in [-0.25, -0.2) is 0 Å². The molecule has 0 saturated carbocycles.